The van der Waals surface area contributed by atoms with Crippen molar-refractivity contribution in [3.05, 3.63) is 99.7 Å². The Morgan fingerprint density at radius 1 is 0.971 bits per heavy atom. The van der Waals surface area contributed by atoms with Crippen LogP contribution in [0.2, 0.25) is 0 Å². The van der Waals surface area contributed by atoms with Crippen LogP contribution in [0.15, 0.2) is 71.8 Å². The first-order valence-electron chi connectivity index (χ1n) is 11.5. The third-order valence-electron chi connectivity index (χ3n) is 6.59. The summed E-state index contributed by atoms with van der Waals surface area (Å²) in [5, 5.41) is 0. The van der Waals surface area contributed by atoms with E-state index >= 15 is 0 Å². The van der Waals surface area contributed by atoms with E-state index in [1.54, 1.807) is 0 Å². The number of hydrogen-bond acceptors (Lipinski definition) is 2. The van der Waals surface area contributed by atoms with E-state index in [1.807, 2.05) is 12.1 Å². The van der Waals surface area contributed by atoms with E-state index in [0.717, 1.165) is 24.1 Å². The van der Waals surface area contributed by atoms with E-state index in [1.165, 1.54) is 29.2 Å². The normalized spacial score (nSPS) is 19.6. The number of carbonyl (C=O) groups is 2. The van der Waals surface area contributed by atoms with E-state index in [4.69, 9.17) is 0 Å². The van der Waals surface area contributed by atoms with Crippen LogP contribution in [-0.4, -0.2) is 17.7 Å². The van der Waals surface area contributed by atoms with Crippen molar-refractivity contribution in [2.24, 2.45) is 5.92 Å². The number of allylic oxidation sites excluding steroid dienone is 5. The average Bonchev–Trinajstić information content (AvgIpc) is 3.17. The maximum absolute atomic E-state index is 13.1. The van der Waals surface area contributed by atoms with Crippen molar-refractivity contribution in [2.45, 2.75) is 51.6 Å². The predicted octanol–water partition coefficient (Wildman–Crippen LogP) is 6.93. The summed E-state index contributed by atoms with van der Waals surface area (Å²) < 4.78 is 39.2. The third-order valence-corrected chi connectivity index (χ3v) is 6.59. The number of carbonyl (C=O) groups excluding carboxylic acids is 2. The largest absolute Gasteiger partial charge is 0.416 e. The Labute approximate surface area is 197 Å². The second-order valence-corrected chi connectivity index (χ2v) is 9.22. The van der Waals surface area contributed by atoms with Gasteiger partial charge in [0.1, 0.15) is 5.78 Å². The minimum Gasteiger partial charge on any atom is -0.299 e. The number of hydrogen-bond donors (Lipinski definition) is 0. The number of Topliss-reactive ketones (excluding diaryl/α,β-unsaturated/α-hetero) is 2. The summed E-state index contributed by atoms with van der Waals surface area (Å²) in [6.07, 6.45) is 2.84. The Morgan fingerprint density at radius 2 is 1.68 bits per heavy atom. The summed E-state index contributed by atoms with van der Waals surface area (Å²) in [5.74, 6) is -1.09. The fourth-order valence-electron chi connectivity index (χ4n) is 4.62. The Hall–Kier alpha value is -3.21. The van der Waals surface area contributed by atoms with Crippen molar-refractivity contribution >= 4 is 17.6 Å². The molecule has 2 nitrogen and oxygen atoms in total. The van der Waals surface area contributed by atoms with Gasteiger partial charge < -0.3 is 0 Å². The lowest BCUT2D eigenvalue weighted by atomic mass is 9.87. The topological polar surface area (TPSA) is 34.1 Å². The van der Waals surface area contributed by atoms with Crippen LogP contribution in [0.1, 0.15) is 60.4 Å². The molecule has 2 aromatic rings. The second-order valence-electron chi connectivity index (χ2n) is 9.22. The van der Waals surface area contributed by atoms with Gasteiger partial charge in [0.05, 0.1) is 5.57 Å². The van der Waals surface area contributed by atoms with E-state index in [-0.39, 0.29) is 24.2 Å². The van der Waals surface area contributed by atoms with Crippen molar-refractivity contribution in [3.8, 4) is 0 Å². The molecule has 2 aromatic carbocycles. The molecule has 0 fully saturated rings. The highest BCUT2D eigenvalue weighted by Gasteiger charge is 2.36. The molecule has 2 aliphatic carbocycles. The van der Waals surface area contributed by atoms with Gasteiger partial charge in [-0.2, -0.15) is 13.2 Å². The Balaban J connectivity index is 1.35. The van der Waals surface area contributed by atoms with Gasteiger partial charge in [0.2, 0.25) is 0 Å². The van der Waals surface area contributed by atoms with Crippen LogP contribution < -0.4 is 0 Å². The van der Waals surface area contributed by atoms with Gasteiger partial charge in [-0.05, 0) is 52.7 Å². The average molecular weight is 465 g/mol. The smallest absolute Gasteiger partial charge is 0.299 e. The minimum absolute atomic E-state index is 0.0542. The van der Waals surface area contributed by atoms with Gasteiger partial charge in [-0.15, -0.1) is 0 Å². The van der Waals surface area contributed by atoms with Crippen molar-refractivity contribution in [1.29, 1.82) is 0 Å². The maximum Gasteiger partial charge on any atom is 0.416 e. The second kappa shape index (κ2) is 9.57. The van der Waals surface area contributed by atoms with Crippen LogP contribution in [-0.2, 0) is 22.4 Å². The Kier molecular flexibility index (Phi) is 6.74. The fourth-order valence-corrected chi connectivity index (χ4v) is 4.62. The molecule has 0 amide bonds. The zero-order chi connectivity index (χ0) is 24.5. The van der Waals surface area contributed by atoms with Crippen LogP contribution >= 0.6 is 0 Å². The van der Waals surface area contributed by atoms with Gasteiger partial charge in [-0.1, -0.05) is 74.5 Å². The Bertz CT molecular complexity index is 1200. The number of alkyl halides is 3. The molecule has 0 spiro atoms. The number of rotatable bonds is 7. The standard InChI is InChI=1S/C29H27F3O2/c1-18-6-13-27-22(4-3-5-26(18)27)15-21-9-7-20(8-10-21)11-12-25(33)17-23-16-24(29(30,31)32)14-19(2)28(23)34/h3-10,13-14,16,18-19H,11-12,15,17H2,1-2H3. The molecule has 0 bridgehead atoms. The van der Waals surface area contributed by atoms with Crippen molar-refractivity contribution in [3.63, 3.8) is 0 Å². The molecule has 0 heterocycles. The molecule has 0 radical (unpaired) electrons. The molecule has 0 N–H and O–H groups in total. The van der Waals surface area contributed by atoms with Crippen LogP contribution in [0, 0.1) is 5.92 Å². The summed E-state index contributed by atoms with van der Waals surface area (Å²) in [4.78, 5) is 24.7. The summed E-state index contributed by atoms with van der Waals surface area (Å²) >= 11 is 0. The molecule has 2 unspecified atom stereocenters. The van der Waals surface area contributed by atoms with E-state index in [2.05, 4.69) is 49.4 Å². The zero-order valence-electron chi connectivity index (χ0n) is 19.3. The summed E-state index contributed by atoms with van der Waals surface area (Å²) in [6, 6.07) is 14.5. The molecule has 0 saturated heterocycles. The number of ketones is 2. The molecule has 34 heavy (non-hydrogen) atoms. The Morgan fingerprint density at radius 3 is 2.38 bits per heavy atom. The van der Waals surface area contributed by atoms with Crippen LogP contribution in [0.25, 0.3) is 6.08 Å². The maximum atomic E-state index is 13.1. The highest BCUT2D eigenvalue weighted by Crippen LogP contribution is 2.34. The lowest BCUT2D eigenvalue weighted by Crippen LogP contribution is -2.23. The summed E-state index contributed by atoms with van der Waals surface area (Å²) in [7, 11) is 0. The molecule has 2 atom stereocenters. The van der Waals surface area contributed by atoms with E-state index in [9.17, 15) is 22.8 Å². The summed E-state index contributed by atoms with van der Waals surface area (Å²) in [6.45, 7) is 3.61. The number of benzene rings is 2. The highest BCUT2D eigenvalue weighted by atomic mass is 19.4. The minimum atomic E-state index is -4.53. The number of aryl methyl sites for hydroxylation is 1. The quantitative estimate of drug-likeness (QED) is 0.445. The van der Waals surface area contributed by atoms with Gasteiger partial charge in [0, 0.05) is 24.3 Å². The van der Waals surface area contributed by atoms with Crippen LogP contribution in [0.4, 0.5) is 13.2 Å². The summed E-state index contributed by atoms with van der Waals surface area (Å²) in [5.41, 5.74) is 5.19. The van der Waals surface area contributed by atoms with Crippen molar-refractivity contribution < 1.29 is 22.8 Å². The lowest BCUT2D eigenvalue weighted by Gasteiger charge is -2.19. The highest BCUT2D eigenvalue weighted by molar-refractivity contribution is 6.04. The molecule has 0 aliphatic heterocycles. The molecule has 0 aromatic heterocycles. The SMILES string of the molecule is CC1C=C(C(F)(F)F)C=C(CC(=O)CCc2ccc(Cc3cccc4c3C=CC4C)cc2)C1=O. The van der Waals surface area contributed by atoms with Crippen LogP contribution in [0.3, 0.4) is 0 Å². The van der Waals surface area contributed by atoms with Gasteiger partial charge in [-0.3, -0.25) is 9.59 Å². The first-order valence-corrected chi connectivity index (χ1v) is 11.5. The number of fused-ring (bicyclic) bond motifs is 1. The van der Waals surface area contributed by atoms with Gasteiger partial charge >= 0.3 is 6.18 Å². The third kappa shape index (κ3) is 5.30. The van der Waals surface area contributed by atoms with Gasteiger partial charge in [0.15, 0.2) is 5.78 Å². The van der Waals surface area contributed by atoms with Gasteiger partial charge in [-0.25, -0.2) is 0 Å². The van der Waals surface area contributed by atoms with Crippen LogP contribution in [0.5, 0.6) is 0 Å². The monoisotopic (exact) mass is 464 g/mol. The molecule has 176 valence electrons. The first-order chi connectivity index (χ1) is 16.1. The molecule has 4 rings (SSSR count). The van der Waals surface area contributed by atoms with Gasteiger partial charge in [0.25, 0.3) is 0 Å². The zero-order valence-corrected chi connectivity index (χ0v) is 19.3. The lowest BCUT2D eigenvalue weighted by molar-refractivity contribution is -0.122. The number of halogens is 3. The molecular weight excluding hydrogens is 437 g/mol. The fraction of sp³-hybridized carbons (Fsp3) is 0.310. The van der Waals surface area contributed by atoms with E-state index in [0.29, 0.717) is 12.3 Å². The van der Waals surface area contributed by atoms with E-state index < -0.39 is 23.5 Å². The molecule has 2 aliphatic rings. The molecule has 5 heteroatoms. The molecular formula is C29H27F3O2. The molecule has 0 saturated carbocycles. The van der Waals surface area contributed by atoms with Crippen molar-refractivity contribution in [1.82, 2.24) is 0 Å². The van der Waals surface area contributed by atoms with Crippen molar-refractivity contribution in [2.75, 3.05) is 0 Å². The predicted molar refractivity (Wildman–Crippen MR) is 127 cm³/mol. The first kappa shape index (κ1) is 23.9.